The molecule has 1 unspecified atom stereocenters. The zero-order chi connectivity index (χ0) is 14.0. The normalized spacial score (nSPS) is 12.7. The van der Waals surface area contributed by atoms with Crippen LogP contribution in [0.1, 0.15) is 29.8 Å². The monoisotopic (exact) mass is 267 g/mol. The average Bonchev–Trinajstić information content (AvgIpc) is 2.87. The second kappa shape index (κ2) is 5.41. The van der Waals surface area contributed by atoms with Crippen molar-refractivity contribution in [2.75, 3.05) is 0 Å². The largest absolute Gasteiger partial charge is 0.271 e. The summed E-state index contributed by atoms with van der Waals surface area (Å²) in [6.45, 7) is 3.96. The highest BCUT2D eigenvalue weighted by molar-refractivity contribution is 5.33. The first-order valence-corrected chi connectivity index (χ1v) is 5.89. The predicted molar refractivity (Wildman–Crippen MR) is 66.0 cm³/mol. The number of rotatable bonds is 4. The third-order valence-electron chi connectivity index (χ3n) is 3.02. The van der Waals surface area contributed by atoms with E-state index in [0.717, 1.165) is 0 Å². The van der Waals surface area contributed by atoms with E-state index in [1.54, 1.807) is 6.92 Å². The maximum absolute atomic E-state index is 14.1. The van der Waals surface area contributed by atoms with Crippen molar-refractivity contribution in [2.45, 2.75) is 26.4 Å². The highest BCUT2D eigenvalue weighted by Crippen LogP contribution is 2.27. The molecule has 102 valence electrons. The summed E-state index contributed by atoms with van der Waals surface area (Å²) in [6, 6.07) is 1.77. The number of hydrogen-bond acceptors (Lipinski definition) is 4. The van der Waals surface area contributed by atoms with Crippen LogP contribution in [-0.4, -0.2) is 15.0 Å². The highest BCUT2D eigenvalue weighted by atomic mass is 19.1. The molecule has 1 heterocycles. The molecule has 0 aliphatic rings. The van der Waals surface area contributed by atoms with E-state index in [2.05, 4.69) is 15.7 Å². The number of halogens is 2. The molecule has 0 aliphatic heterocycles. The fourth-order valence-corrected chi connectivity index (χ4v) is 1.99. The van der Waals surface area contributed by atoms with E-state index < -0.39 is 17.7 Å². The summed E-state index contributed by atoms with van der Waals surface area (Å²) < 4.78 is 29.6. The van der Waals surface area contributed by atoms with Crippen molar-refractivity contribution in [3.8, 4) is 0 Å². The number of benzene rings is 1. The first-order valence-electron chi connectivity index (χ1n) is 5.89. The maximum atomic E-state index is 14.1. The van der Waals surface area contributed by atoms with Gasteiger partial charge in [-0.3, -0.25) is 5.84 Å². The minimum atomic E-state index is -0.838. The van der Waals surface area contributed by atoms with Gasteiger partial charge in [-0.25, -0.2) is 18.9 Å². The smallest absolute Gasteiger partial charge is 0.134 e. The average molecular weight is 267 g/mol. The van der Waals surface area contributed by atoms with Crippen molar-refractivity contribution >= 4 is 0 Å². The van der Waals surface area contributed by atoms with E-state index >= 15 is 0 Å². The first kappa shape index (κ1) is 13.6. The SMILES string of the molecule is CCn1nncc1C(NN)c1c(F)ccc(C)c1F. The third kappa shape index (κ3) is 2.34. The Labute approximate surface area is 109 Å². The van der Waals surface area contributed by atoms with Crippen LogP contribution in [0.2, 0.25) is 0 Å². The van der Waals surface area contributed by atoms with Crippen LogP contribution < -0.4 is 11.3 Å². The molecule has 1 atom stereocenters. The van der Waals surface area contributed by atoms with Gasteiger partial charge in [-0.15, -0.1) is 5.10 Å². The van der Waals surface area contributed by atoms with Gasteiger partial charge in [0.25, 0.3) is 0 Å². The van der Waals surface area contributed by atoms with Gasteiger partial charge in [-0.2, -0.15) is 0 Å². The lowest BCUT2D eigenvalue weighted by molar-refractivity contribution is 0.479. The molecule has 5 nitrogen and oxygen atoms in total. The molecule has 7 heteroatoms. The fourth-order valence-electron chi connectivity index (χ4n) is 1.99. The Kier molecular flexibility index (Phi) is 3.87. The quantitative estimate of drug-likeness (QED) is 0.649. The Hall–Kier alpha value is -1.86. The van der Waals surface area contributed by atoms with Gasteiger partial charge in [0.2, 0.25) is 0 Å². The Morgan fingerprint density at radius 2 is 2.16 bits per heavy atom. The Morgan fingerprint density at radius 1 is 1.42 bits per heavy atom. The van der Waals surface area contributed by atoms with Crippen LogP contribution in [0.25, 0.3) is 0 Å². The number of nitrogens with zero attached hydrogens (tertiary/aromatic N) is 3. The number of aryl methyl sites for hydroxylation is 2. The summed E-state index contributed by atoms with van der Waals surface area (Å²) in [7, 11) is 0. The number of hydrazine groups is 1. The molecule has 0 saturated heterocycles. The van der Waals surface area contributed by atoms with Gasteiger partial charge in [0.1, 0.15) is 11.6 Å². The maximum Gasteiger partial charge on any atom is 0.134 e. The lowest BCUT2D eigenvalue weighted by Crippen LogP contribution is -2.32. The van der Waals surface area contributed by atoms with Crippen molar-refractivity contribution in [3.63, 3.8) is 0 Å². The molecule has 0 spiro atoms. The Balaban J connectivity index is 2.58. The second-order valence-electron chi connectivity index (χ2n) is 4.17. The number of nitrogens with two attached hydrogens (primary N) is 1. The van der Waals surface area contributed by atoms with Crippen LogP contribution in [0.3, 0.4) is 0 Å². The van der Waals surface area contributed by atoms with Crippen LogP contribution in [0.4, 0.5) is 8.78 Å². The van der Waals surface area contributed by atoms with Crippen LogP contribution in [0, 0.1) is 18.6 Å². The van der Waals surface area contributed by atoms with Gasteiger partial charge < -0.3 is 0 Å². The Bertz CT molecular complexity index is 581. The minimum absolute atomic E-state index is 0.125. The molecule has 2 rings (SSSR count). The van der Waals surface area contributed by atoms with E-state index in [1.807, 2.05) is 6.92 Å². The summed E-state index contributed by atoms with van der Waals surface area (Å²) >= 11 is 0. The molecule has 0 radical (unpaired) electrons. The molecule has 19 heavy (non-hydrogen) atoms. The zero-order valence-electron chi connectivity index (χ0n) is 10.7. The van der Waals surface area contributed by atoms with E-state index in [4.69, 9.17) is 5.84 Å². The molecule has 2 aromatic rings. The van der Waals surface area contributed by atoms with E-state index in [-0.39, 0.29) is 5.56 Å². The van der Waals surface area contributed by atoms with E-state index in [0.29, 0.717) is 17.8 Å². The summed E-state index contributed by atoms with van der Waals surface area (Å²) in [4.78, 5) is 0. The van der Waals surface area contributed by atoms with Gasteiger partial charge in [-0.1, -0.05) is 11.3 Å². The third-order valence-corrected chi connectivity index (χ3v) is 3.02. The molecule has 3 N–H and O–H groups in total. The number of hydrogen-bond donors (Lipinski definition) is 2. The second-order valence-corrected chi connectivity index (χ2v) is 4.17. The number of aromatic nitrogens is 3. The topological polar surface area (TPSA) is 68.8 Å². The van der Waals surface area contributed by atoms with Crippen LogP contribution in [0.5, 0.6) is 0 Å². The van der Waals surface area contributed by atoms with E-state index in [1.165, 1.54) is 23.0 Å². The molecular weight excluding hydrogens is 252 g/mol. The summed E-state index contributed by atoms with van der Waals surface area (Å²) in [5.74, 6) is 4.18. The molecule has 1 aromatic heterocycles. The zero-order valence-corrected chi connectivity index (χ0v) is 10.7. The summed E-state index contributed by atoms with van der Waals surface area (Å²) in [5.41, 5.74) is 3.16. The van der Waals surface area contributed by atoms with Crippen LogP contribution >= 0.6 is 0 Å². The fraction of sp³-hybridized carbons (Fsp3) is 0.333. The first-order chi connectivity index (χ1) is 9.10. The molecule has 0 bridgehead atoms. The van der Waals surface area contributed by atoms with Crippen LogP contribution in [-0.2, 0) is 6.54 Å². The number of nitrogens with one attached hydrogen (secondary N) is 1. The molecule has 0 amide bonds. The van der Waals surface area contributed by atoms with Crippen molar-refractivity contribution in [1.29, 1.82) is 0 Å². The summed E-state index contributed by atoms with van der Waals surface area (Å²) in [5, 5.41) is 7.58. The Morgan fingerprint density at radius 3 is 2.79 bits per heavy atom. The van der Waals surface area contributed by atoms with E-state index in [9.17, 15) is 8.78 Å². The van der Waals surface area contributed by atoms with Crippen molar-refractivity contribution in [1.82, 2.24) is 20.4 Å². The minimum Gasteiger partial charge on any atom is -0.271 e. The predicted octanol–water partition coefficient (Wildman–Crippen LogP) is 1.44. The van der Waals surface area contributed by atoms with Crippen LogP contribution in [0.15, 0.2) is 18.3 Å². The lowest BCUT2D eigenvalue weighted by atomic mass is 10.0. The van der Waals surface area contributed by atoms with Gasteiger partial charge >= 0.3 is 0 Å². The highest BCUT2D eigenvalue weighted by Gasteiger charge is 2.25. The summed E-state index contributed by atoms with van der Waals surface area (Å²) in [6.07, 6.45) is 1.44. The van der Waals surface area contributed by atoms with Crippen molar-refractivity contribution < 1.29 is 8.78 Å². The van der Waals surface area contributed by atoms with Crippen molar-refractivity contribution in [2.24, 2.45) is 5.84 Å². The van der Waals surface area contributed by atoms with Gasteiger partial charge in [-0.05, 0) is 25.5 Å². The lowest BCUT2D eigenvalue weighted by Gasteiger charge is -2.19. The molecule has 1 aromatic carbocycles. The van der Waals surface area contributed by atoms with Gasteiger partial charge in [0.15, 0.2) is 0 Å². The molecular formula is C12H15F2N5. The molecule has 0 fully saturated rings. The van der Waals surface area contributed by atoms with Gasteiger partial charge in [0, 0.05) is 12.1 Å². The van der Waals surface area contributed by atoms with Gasteiger partial charge in [0.05, 0.1) is 17.9 Å². The molecule has 0 saturated carbocycles. The standard InChI is InChI=1S/C12H15F2N5/c1-3-19-9(6-16-18-19)12(17-15)10-8(13)5-4-7(2)11(10)14/h4-6,12,17H,3,15H2,1-2H3. The van der Waals surface area contributed by atoms with Crippen molar-refractivity contribution in [3.05, 3.63) is 46.8 Å². The molecule has 0 aliphatic carbocycles.